The highest BCUT2D eigenvalue weighted by molar-refractivity contribution is 5.91. The number of carbonyl (C=O) groups excluding carboxylic acids is 1. The topological polar surface area (TPSA) is 85.7 Å². The predicted molar refractivity (Wildman–Crippen MR) is 132 cm³/mol. The number of fused-ring (bicyclic) bond motifs is 1. The molecule has 8 heteroatoms. The summed E-state index contributed by atoms with van der Waals surface area (Å²) in [6.45, 7) is 6.08. The molecule has 1 saturated carbocycles. The quantitative estimate of drug-likeness (QED) is 0.394. The van der Waals surface area contributed by atoms with Gasteiger partial charge in [0, 0.05) is 37.3 Å². The summed E-state index contributed by atoms with van der Waals surface area (Å²) >= 11 is 0. The lowest BCUT2D eigenvalue weighted by molar-refractivity contribution is -0.142. The molecule has 182 valence electrons. The summed E-state index contributed by atoms with van der Waals surface area (Å²) < 4.78 is 22.6. The van der Waals surface area contributed by atoms with Gasteiger partial charge in [0.25, 0.3) is 0 Å². The maximum Gasteiger partial charge on any atom is 0.178 e. The molecule has 0 atom stereocenters. The number of hydrogen-bond acceptors (Lipinski definition) is 5. The van der Waals surface area contributed by atoms with Crippen LogP contribution in [0.25, 0.3) is 33.7 Å². The minimum atomic E-state index is -0.310. The zero-order valence-electron chi connectivity index (χ0n) is 20.5. The van der Waals surface area contributed by atoms with Gasteiger partial charge in [-0.15, -0.1) is 0 Å². The van der Waals surface area contributed by atoms with Crippen LogP contribution in [0.2, 0.25) is 0 Å². The zero-order valence-corrected chi connectivity index (χ0v) is 20.5. The lowest BCUT2D eigenvalue weighted by Gasteiger charge is -2.38. The number of aromatic amines is 1. The molecular weight excluding hydrogens is 445 g/mol. The van der Waals surface area contributed by atoms with Crippen molar-refractivity contribution in [3.05, 3.63) is 54.2 Å². The van der Waals surface area contributed by atoms with E-state index in [1.807, 2.05) is 46.1 Å². The number of nitrogens with zero attached hydrogens (tertiary/aromatic N) is 4. The fraction of sp³-hybridized carbons (Fsp3) is 0.407. The molecule has 0 spiro atoms. The van der Waals surface area contributed by atoms with E-state index in [1.165, 1.54) is 6.07 Å². The minimum Gasteiger partial charge on any atom is -0.373 e. The van der Waals surface area contributed by atoms with E-state index in [0.717, 1.165) is 35.0 Å². The predicted octanol–water partition coefficient (Wildman–Crippen LogP) is 5.26. The van der Waals surface area contributed by atoms with Gasteiger partial charge in [0.05, 0.1) is 29.0 Å². The Kier molecular flexibility index (Phi) is 6.01. The number of ether oxygens (including phenoxy) is 1. The largest absolute Gasteiger partial charge is 0.373 e. The van der Waals surface area contributed by atoms with Crippen molar-refractivity contribution >= 4 is 16.9 Å². The van der Waals surface area contributed by atoms with Gasteiger partial charge in [-0.25, -0.2) is 14.4 Å². The van der Waals surface area contributed by atoms with E-state index in [1.54, 1.807) is 23.1 Å². The van der Waals surface area contributed by atoms with E-state index in [4.69, 9.17) is 4.74 Å². The molecular formula is C27H30FN5O2. The first-order valence-corrected chi connectivity index (χ1v) is 12.0. The fourth-order valence-corrected chi connectivity index (χ4v) is 4.64. The van der Waals surface area contributed by atoms with Crippen molar-refractivity contribution in [3.8, 4) is 22.5 Å². The van der Waals surface area contributed by atoms with Crippen molar-refractivity contribution < 1.29 is 13.9 Å². The molecule has 1 N–H and O–H groups in total. The van der Waals surface area contributed by atoms with Crippen LogP contribution >= 0.6 is 0 Å². The molecule has 0 aliphatic heterocycles. The highest BCUT2D eigenvalue weighted by Gasteiger charge is 2.36. The Hall–Kier alpha value is -3.39. The van der Waals surface area contributed by atoms with E-state index < -0.39 is 0 Å². The third kappa shape index (κ3) is 5.03. The van der Waals surface area contributed by atoms with Crippen molar-refractivity contribution in [2.75, 3.05) is 0 Å². The SMILES string of the molecule is Cn1cc(-c2nc3nccc(-c4ccc(CCC(=O)C5CC(OC(C)(C)C)C5)c(F)c4)c3[nH]2)cn1. The molecule has 4 aromatic rings. The van der Waals surface area contributed by atoms with Crippen LogP contribution in [0.4, 0.5) is 4.39 Å². The number of imidazole rings is 1. The highest BCUT2D eigenvalue weighted by atomic mass is 19.1. The van der Waals surface area contributed by atoms with E-state index >= 15 is 4.39 Å². The van der Waals surface area contributed by atoms with Gasteiger partial charge in [0.2, 0.25) is 0 Å². The second-order valence-electron chi connectivity index (χ2n) is 10.3. The number of aromatic nitrogens is 5. The second kappa shape index (κ2) is 9.00. The van der Waals surface area contributed by atoms with Crippen LogP contribution < -0.4 is 0 Å². The number of aryl methyl sites for hydroxylation is 2. The van der Waals surface area contributed by atoms with Crippen LogP contribution in [-0.2, 0) is 23.0 Å². The van der Waals surface area contributed by atoms with Crippen molar-refractivity contribution in [1.29, 1.82) is 0 Å². The molecule has 0 unspecified atom stereocenters. The van der Waals surface area contributed by atoms with Crippen molar-refractivity contribution in [3.63, 3.8) is 0 Å². The van der Waals surface area contributed by atoms with E-state index in [-0.39, 0.29) is 29.2 Å². The van der Waals surface area contributed by atoms with Crippen LogP contribution in [0.15, 0.2) is 42.9 Å². The fourth-order valence-electron chi connectivity index (χ4n) is 4.64. The maximum absolute atomic E-state index is 15.0. The van der Waals surface area contributed by atoms with Crippen LogP contribution in [0.5, 0.6) is 0 Å². The molecule has 1 aliphatic rings. The summed E-state index contributed by atoms with van der Waals surface area (Å²) in [5, 5.41) is 4.19. The number of hydrogen-bond donors (Lipinski definition) is 1. The molecule has 5 rings (SSSR count). The molecule has 1 fully saturated rings. The number of halogens is 1. The lowest BCUT2D eigenvalue weighted by atomic mass is 9.77. The standard InChI is InChI=1S/C27H30FN5O2/c1-27(2,3)35-20-11-18(12-20)23(34)8-7-16-5-6-17(13-22(16)28)21-9-10-29-26-24(21)31-25(32-26)19-14-30-33(4)15-19/h5-6,9-10,13-15,18,20H,7-8,11-12H2,1-4H3,(H,29,31,32). The van der Waals surface area contributed by atoms with Crippen LogP contribution in [0.1, 0.15) is 45.6 Å². The Morgan fingerprint density at radius 3 is 2.71 bits per heavy atom. The molecule has 3 heterocycles. The van der Waals surface area contributed by atoms with Gasteiger partial charge in [-0.3, -0.25) is 9.48 Å². The molecule has 1 aliphatic carbocycles. The van der Waals surface area contributed by atoms with Gasteiger partial charge in [-0.05, 0) is 63.3 Å². The van der Waals surface area contributed by atoms with Gasteiger partial charge < -0.3 is 9.72 Å². The highest BCUT2D eigenvalue weighted by Crippen LogP contribution is 2.35. The first-order valence-electron chi connectivity index (χ1n) is 12.0. The minimum absolute atomic E-state index is 0.0316. The second-order valence-corrected chi connectivity index (χ2v) is 10.3. The molecule has 0 amide bonds. The number of Topliss-reactive ketones (excluding diaryl/α,β-unsaturated/α-hetero) is 1. The molecule has 7 nitrogen and oxygen atoms in total. The third-order valence-corrected chi connectivity index (χ3v) is 6.45. The van der Waals surface area contributed by atoms with Crippen LogP contribution in [0.3, 0.4) is 0 Å². The number of nitrogens with one attached hydrogen (secondary N) is 1. The summed E-state index contributed by atoms with van der Waals surface area (Å²) in [6, 6.07) is 7.03. The molecule has 1 aromatic carbocycles. The molecule has 0 radical (unpaired) electrons. The number of benzene rings is 1. The van der Waals surface area contributed by atoms with Gasteiger partial charge in [-0.1, -0.05) is 12.1 Å². The first-order chi connectivity index (χ1) is 16.7. The number of carbonyl (C=O) groups is 1. The average Bonchev–Trinajstić information content (AvgIpc) is 3.40. The Bertz CT molecular complexity index is 1380. The Morgan fingerprint density at radius 1 is 1.23 bits per heavy atom. The van der Waals surface area contributed by atoms with Gasteiger partial charge in [0.1, 0.15) is 17.4 Å². The van der Waals surface area contributed by atoms with Crippen molar-refractivity contribution in [1.82, 2.24) is 24.7 Å². The Labute approximate surface area is 203 Å². The smallest absolute Gasteiger partial charge is 0.178 e. The summed E-state index contributed by atoms with van der Waals surface area (Å²) in [4.78, 5) is 24.8. The molecule has 0 bridgehead atoms. The number of ketones is 1. The van der Waals surface area contributed by atoms with E-state index in [9.17, 15) is 4.79 Å². The number of rotatable bonds is 7. The first kappa shape index (κ1) is 23.4. The zero-order chi connectivity index (χ0) is 24.7. The number of H-pyrrole nitrogens is 1. The molecule has 3 aromatic heterocycles. The monoisotopic (exact) mass is 475 g/mol. The normalized spacial score (nSPS) is 18.1. The maximum atomic E-state index is 15.0. The van der Waals surface area contributed by atoms with E-state index in [0.29, 0.717) is 29.9 Å². The third-order valence-electron chi connectivity index (χ3n) is 6.45. The van der Waals surface area contributed by atoms with Gasteiger partial charge in [0.15, 0.2) is 5.65 Å². The average molecular weight is 476 g/mol. The van der Waals surface area contributed by atoms with Crippen LogP contribution in [0, 0.1) is 11.7 Å². The van der Waals surface area contributed by atoms with Crippen molar-refractivity contribution in [2.24, 2.45) is 13.0 Å². The lowest BCUT2D eigenvalue weighted by Crippen LogP contribution is -2.40. The summed E-state index contributed by atoms with van der Waals surface area (Å²) in [6.07, 6.45) is 7.69. The summed E-state index contributed by atoms with van der Waals surface area (Å²) in [7, 11) is 1.85. The molecule has 0 saturated heterocycles. The van der Waals surface area contributed by atoms with Gasteiger partial charge in [-0.2, -0.15) is 5.10 Å². The Morgan fingerprint density at radius 2 is 2.03 bits per heavy atom. The van der Waals surface area contributed by atoms with Crippen LogP contribution in [-0.4, -0.2) is 42.2 Å². The summed E-state index contributed by atoms with van der Waals surface area (Å²) in [5.41, 5.74) is 4.06. The Balaban J connectivity index is 1.27. The number of pyridine rings is 1. The summed E-state index contributed by atoms with van der Waals surface area (Å²) in [5.74, 6) is 0.576. The molecule has 35 heavy (non-hydrogen) atoms. The van der Waals surface area contributed by atoms with Crippen molar-refractivity contribution in [2.45, 2.75) is 58.2 Å². The van der Waals surface area contributed by atoms with E-state index in [2.05, 4.69) is 20.1 Å². The van der Waals surface area contributed by atoms with Gasteiger partial charge >= 0.3 is 0 Å².